The summed E-state index contributed by atoms with van der Waals surface area (Å²) in [5.74, 6) is 2.73. The van der Waals surface area contributed by atoms with Crippen LogP contribution in [-0.4, -0.2) is 4.98 Å². The number of nitrogens with zero attached hydrogens (tertiary/aromatic N) is 1. The number of rotatable bonds is 3. The van der Waals surface area contributed by atoms with Gasteiger partial charge in [-0.1, -0.05) is 12.1 Å². The molecule has 1 atom stereocenters. The highest BCUT2D eigenvalue weighted by Crippen LogP contribution is 2.24. The van der Waals surface area contributed by atoms with Crippen LogP contribution < -0.4 is 11.3 Å². The van der Waals surface area contributed by atoms with Gasteiger partial charge >= 0.3 is 0 Å². The van der Waals surface area contributed by atoms with E-state index in [1.165, 1.54) is 18.3 Å². The van der Waals surface area contributed by atoms with E-state index in [9.17, 15) is 13.2 Å². The predicted octanol–water partition coefficient (Wildman–Crippen LogP) is 2.05. The molecule has 0 saturated carbocycles. The van der Waals surface area contributed by atoms with Crippen LogP contribution in [0, 0.1) is 17.5 Å². The quantitative estimate of drug-likeness (QED) is 0.650. The third-order valence-electron chi connectivity index (χ3n) is 2.52. The molecule has 0 saturated heterocycles. The maximum Gasteiger partial charge on any atom is 0.163 e. The van der Waals surface area contributed by atoms with Gasteiger partial charge in [-0.3, -0.25) is 10.8 Å². The highest BCUT2D eigenvalue weighted by Gasteiger charge is 2.19. The Morgan fingerprint density at radius 3 is 2.61 bits per heavy atom. The molecule has 0 bridgehead atoms. The molecule has 1 aromatic heterocycles. The summed E-state index contributed by atoms with van der Waals surface area (Å²) in [6.07, 6.45) is 2.34. The van der Waals surface area contributed by atoms with Gasteiger partial charge < -0.3 is 0 Å². The van der Waals surface area contributed by atoms with E-state index in [-0.39, 0.29) is 5.56 Å². The maximum absolute atomic E-state index is 13.6. The molecule has 0 fully saturated rings. The third kappa shape index (κ3) is 2.34. The van der Waals surface area contributed by atoms with Gasteiger partial charge in [-0.2, -0.15) is 0 Å². The lowest BCUT2D eigenvalue weighted by Crippen LogP contribution is -2.30. The van der Waals surface area contributed by atoms with E-state index in [2.05, 4.69) is 10.4 Å². The summed E-state index contributed by atoms with van der Waals surface area (Å²) >= 11 is 0. The Morgan fingerprint density at radius 1 is 1.17 bits per heavy atom. The zero-order chi connectivity index (χ0) is 13.1. The van der Waals surface area contributed by atoms with Gasteiger partial charge in [-0.25, -0.2) is 18.6 Å². The number of halogens is 3. The van der Waals surface area contributed by atoms with Gasteiger partial charge in [-0.05, 0) is 17.7 Å². The Hall–Kier alpha value is -1.92. The Balaban J connectivity index is 2.49. The first kappa shape index (κ1) is 12.5. The van der Waals surface area contributed by atoms with Gasteiger partial charge in [0.15, 0.2) is 11.6 Å². The molecule has 0 aliphatic rings. The van der Waals surface area contributed by atoms with Crippen molar-refractivity contribution in [1.29, 1.82) is 0 Å². The van der Waals surface area contributed by atoms with Gasteiger partial charge in [0.25, 0.3) is 0 Å². The minimum Gasteiger partial charge on any atom is -0.271 e. The first-order chi connectivity index (χ1) is 8.63. The Morgan fingerprint density at radius 2 is 1.94 bits per heavy atom. The Kier molecular flexibility index (Phi) is 3.59. The Labute approximate surface area is 101 Å². The molecule has 6 heteroatoms. The molecule has 1 heterocycles. The number of benzene rings is 1. The Bertz CT molecular complexity index is 560. The van der Waals surface area contributed by atoms with E-state index in [0.717, 1.165) is 18.3 Å². The lowest BCUT2D eigenvalue weighted by Gasteiger charge is -2.17. The summed E-state index contributed by atoms with van der Waals surface area (Å²) in [6.45, 7) is 0. The largest absolute Gasteiger partial charge is 0.271 e. The smallest absolute Gasteiger partial charge is 0.163 e. The van der Waals surface area contributed by atoms with E-state index in [1.807, 2.05) is 0 Å². The standard InChI is InChI=1S/C12H10F3N3/c13-8-4-7(5-17-6-8)12(18-16)9-2-1-3-10(14)11(9)15/h1-6,12,18H,16H2. The molecular formula is C12H10F3N3. The van der Waals surface area contributed by atoms with Crippen molar-refractivity contribution in [3.63, 3.8) is 0 Å². The minimum absolute atomic E-state index is 0.00935. The molecule has 0 aliphatic heterocycles. The van der Waals surface area contributed by atoms with Gasteiger partial charge in [0.1, 0.15) is 5.82 Å². The second kappa shape index (κ2) is 5.16. The van der Waals surface area contributed by atoms with Crippen LogP contribution in [0.5, 0.6) is 0 Å². The molecule has 18 heavy (non-hydrogen) atoms. The summed E-state index contributed by atoms with van der Waals surface area (Å²) in [7, 11) is 0. The number of pyridine rings is 1. The number of aromatic nitrogens is 1. The van der Waals surface area contributed by atoms with Crippen molar-refractivity contribution >= 4 is 0 Å². The van der Waals surface area contributed by atoms with Crippen LogP contribution in [0.15, 0.2) is 36.7 Å². The van der Waals surface area contributed by atoms with E-state index < -0.39 is 23.5 Å². The van der Waals surface area contributed by atoms with Crippen LogP contribution in [-0.2, 0) is 0 Å². The van der Waals surface area contributed by atoms with Crippen LogP contribution in [0.1, 0.15) is 17.2 Å². The topological polar surface area (TPSA) is 50.9 Å². The predicted molar refractivity (Wildman–Crippen MR) is 59.7 cm³/mol. The van der Waals surface area contributed by atoms with Crippen molar-refractivity contribution in [3.05, 3.63) is 65.2 Å². The first-order valence-electron chi connectivity index (χ1n) is 5.14. The van der Waals surface area contributed by atoms with E-state index >= 15 is 0 Å². The highest BCUT2D eigenvalue weighted by molar-refractivity contribution is 5.31. The minimum atomic E-state index is -1.02. The molecule has 0 radical (unpaired) electrons. The molecular weight excluding hydrogens is 243 g/mol. The van der Waals surface area contributed by atoms with Crippen molar-refractivity contribution in [3.8, 4) is 0 Å². The lowest BCUT2D eigenvalue weighted by molar-refractivity contribution is 0.482. The monoisotopic (exact) mass is 253 g/mol. The van der Waals surface area contributed by atoms with Crippen LogP contribution in [0.4, 0.5) is 13.2 Å². The third-order valence-corrected chi connectivity index (χ3v) is 2.52. The molecule has 3 N–H and O–H groups in total. The average molecular weight is 253 g/mol. The molecule has 1 aromatic carbocycles. The number of hydrogen-bond acceptors (Lipinski definition) is 3. The van der Waals surface area contributed by atoms with E-state index in [4.69, 9.17) is 5.84 Å². The van der Waals surface area contributed by atoms with E-state index in [0.29, 0.717) is 5.56 Å². The molecule has 2 aromatic rings. The normalized spacial score (nSPS) is 12.4. The molecule has 0 amide bonds. The highest BCUT2D eigenvalue weighted by atomic mass is 19.2. The molecule has 2 rings (SSSR count). The number of nitrogens with two attached hydrogens (primary N) is 1. The number of hydrogen-bond donors (Lipinski definition) is 2. The van der Waals surface area contributed by atoms with Crippen LogP contribution >= 0.6 is 0 Å². The van der Waals surface area contributed by atoms with Crippen LogP contribution in [0.25, 0.3) is 0 Å². The van der Waals surface area contributed by atoms with Crippen molar-refractivity contribution in [2.45, 2.75) is 6.04 Å². The summed E-state index contributed by atoms with van der Waals surface area (Å²) in [5.41, 5.74) is 2.61. The van der Waals surface area contributed by atoms with Crippen molar-refractivity contribution in [2.24, 2.45) is 5.84 Å². The van der Waals surface area contributed by atoms with Crippen molar-refractivity contribution in [2.75, 3.05) is 0 Å². The van der Waals surface area contributed by atoms with Crippen LogP contribution in [0.3, 0.4) is 0 Å². The van der Waals surface area contributed by atoms with Gasteiger partial charge in [0, 0.05) is 11.8 Å². The molecule has 3 nitrogen and oxygen atoms in total. The molecule has 0 aliphatic carbocycles. The van der Waals surface area contributed by atoms with Gasteiger partial charge in [0.2, 0.25) is 0 Å². The lowest BCUT2D eigenvalue weighted by atomic mass is 10.00. The summed E-state index contributed by atoms with van der Waals surface area (Å²) < 4.78 is 39.8. The molecule has 1 unspecified atom stereocenters. The molecule has 0 spiro atoms. The summed E-state index contributed by atoms with van der Waals surface area (Å²) in [6, 6.07) is 4.00. The van der Waals surface area contributed by atoms with Crippen molar-refractivity contribution in [1.82, 2.24) is 10.4 Å². The zero-order valence-corrected chi connectivity index (χ0v) is 9.20. The van der Waals surface area contributed by atoms with E-state index in [1.54, 1.807) is 0 Å². The van der Waals surface area contributed by atoms with Crippen molar-refractivity contribution < 1.29 is 13.2 Å². The average Bonchev–Trinajstić information content (AvgIpc) is 2.35. The number of nitrogens with one attached hydrogen (secondary N) is 1. The fourth-order valence-electron chi connectivity index (χ4n) is 1.70. The van der Waals surface area contributed by atoms with Gasteiger partial charge in [0.05, 0.1) is 12.2 Å². The summed E-state index contributed by atoms with van der Waals surface area (Å²) in [5, 5.41) is 0. The number of hydrazine groups is 1. The fourth-order valence-corrected chi connectivity index (χ4v) is 1.70. The zero-order valence-electron chi connectivity index (χ0n) is 9.20. The van der Waals surface area contributed by atoms with Crippen LogP contribution in [0.2, 0.25) is 0 Å². The SMILES string of the molecule is NNC(c1cncc(F)c1)c1cccc(F)c1F. The first-order valence-corrected chi connectivity index (χ1v) is 5.14. The maximum atomic E-state index is 13.6. The second-order valence-electron chi connectivity index (χ2n) is 3.68. The summed E-state index contributed by atoms with van der Waals surface area (Å²) in [4.78, 5) is 3.64. The van der Waals surface area contributed by atoms with Gasteiger partial charge in [-0.15, -0.1) is 0 Å². The second-order valence-corrected chi connectivity index (χ2v) is 3.68. The molecule has 94 valence electrons. The fraction of sp³-hybridized carbons (Fsp3) is 0.0833.